The van der Waals surface area contributed by atoms with Crippen molar-refractivity contribution in [2.75, 3.05) is 30.8 Å². The second kappa shape index (κ2) is 9.49. The maximum Gasteiger partial charge on any atom is 0.337 e. The van der Waals surface area contributed by atoms with Crippen molar-refractivity contribution in [3.63, 3.8) is 0 Å². The van der Waals surface area contributed by atoms with Crippen molar-refractivity contribution >= 4 is 34.5 Å². The molecule has 0 saturated carbocycles. The standard InChI is InChI=1S/C27H26N4O3/c1-34-27(33)20-6-9-23-22(16-20)24(26(32)30-23)25(19-10-12-28-13-11-19)29-21-7-4-18(5-8-21)17-31-14-2-3-15-31/h4-13,16,29H,2-3,14-15,17H2,1H3,(H,30,32). The minimum Gasteiger partial charge on any atom is -0.465 e. The van der Waals surface area contributed by atoms with Crippen LogP contribution in [0.1, 0.15) is 39.9 Å². The van der Waals surface area contributed by atoms with Crippen molar-refractivity contribution in [1.82, 2.24) is 9.88 Å². The molecule has 2 aromatic carbocycles. The molecule has 2 aliphatic rings. The summed E-state index contributed by atoms with van der Waals surface area (Å²) in [6.45, 7) is 3.26. The van der Waals surface area contributed by atoms with Gasteiger partial charge in [-0.3, -0.25) is 14.7 Å². The lowest BCUT2D eigenvalue weighted by molar-refractivity contribution is -0.110. The quantitative estimate of drug-likeness (QED) is 0.424. The molecule has 172 valence electrons. The highest BCUT2D eigenvalue weighted by atomic mass is 16.5. The molecule has 1 aromatic heterocycles. The van der Waals surface area contributed by atoms with E-state index in [1.807, 2.05) is 24.3 Å². The third-order valence-corrected chi connectivity index (χ3v) is 6.23. The van der Waals surface area contributed by atoms with Crippen LogP contribution in [0.15, 0.2) is 67.0 Å². The van der Waals surface area contributed by atoms with Gasteiger partial charge in [0.15, 0.2) is 0 Å². The Kier molecular flexibility index (Phi) is 6.10. The van der Waals surface area contributed by atoms with Crippen LogP contribution in [0, 0.1) is 0 Å². The number of aromatic nitrogens is 1. The SMILES string of the molecule is COC(=O)c1ccc2c(c1)C(=C(Nc1ccc(CN3CCCC3)cc1)c1ccncc1)C(=O)N2. The van der Waals surface area contributed by atoms with E-state index >= 15 is 0 Å². The normalized spacial score (nSPS) is 16.7. The van der Waals surface area contributed by atoms with Crippen LogP contribution in [0.4, 0.5) is 11.4 Å². The highest BCUT2D eigenvalue weighted by molar-refractivity contribution is 6.37. The van der Waals surface area contributed by atoms with Gasteiger partial charge in [-0.15, -0.1) is 0 Å². The van der Waals surface area contributed by atoms with Crippen LogP contribution in [-0.2, 0) is 16.1 Å². The van der Waals surface area contributed by atoms with Gasteiger partial charge in [-0.05, 0) is 74.0 Å². The number of nitrogens with zero attached hydrogens (tertiary/aromatic N) is 2. The second-order valence-electron chi connectivity index (χ2n) is 8.50. The molecule has 0 aliphatic carbocycles. The smallest absolute Gasteiger partial charge is 0.337 e. The summed E-state index contributed by atoms with van der Waals surface area (Å²) in [6.07, 6.45) is 5.91. The fourth-order valence-electron chi connectivity index (χ4n) is 4.49. The van der Waals surface area contributed by atoms with Crippen LogP contribution >= 0.6 is 0 Å². The van der Waals surface area contributed by atoms with Crippen molar-refractivity contribution in [2.24, 2.45) is 0 Å². The highest BCUT2D eigenvalue weighted by Crippen LogP contribution is 2.38. The molecule has 2 N–H and O–H groups in total. The van der Waals surface area contributed by atoms with E-state index in [0.717, 1.165) is 30.9 Å². The van der Waals surface area contributed by atoms with E-state index in [1.165, 1.54) is 25.5 Å². The molecule has 3 heterocycles. The number of rotatable bonds is 6. The predicted molar refractivity (Wildman–Crippen MR) is 132 cm³/mol. The third-order valence-electron chi connectivity index (χ3n) is 6.23. The molecule has 5 rings (SSSR count). The lowest BCUT2D eigenvalue weighted by Gasteiger charge is -2.17. The van der Waals surface area contributed by atoms with E-state index < -0.39 is 5.97 Å². The van der Waals surface area contributed by atoms with Gasteiger partial charge in [-0.2, -0.15) is 0 Å². The Morgan fingerprint density at radius 2 is 1.76 bits per heavy atom. The molecule has 0 bridgehead atoms. The molecule has 7 heteroatoms. The molecule has 7 nitrogen and oxygen atoms in total. The zero-order valence-electron chi connectivity index (χ0n) is 19.0. The first-order chi connectivity index (χ1) is 16.6. The van der Waals surface area contributed by atoms with E-state index in [2.05, 4.69) is 32.7 Å². The molecular formula is C27H26N4O3. The average molecular weight is 455 g/mol. The highest BCUT2D eigenvalue weighted by Gasteiger charge is 2.29. The summed E-state index contributed by atoms with van der Waals surface area (Å²) in [5.74, 6) is -0.685. The number of methoxy groups -OCH3 is 1. The van der Waals surface area contributed by atoms with Gasteiger partial charge >= 0.3 is 5.97 Å². The molecule has 0 atom stereocenters. The molecule has 0 radical (unpaired) electrons. The van der Waals surface area contributed by atoms with Crippen molar-refractivity contribution in [1.29, 1.82) is 0 Å². The van der Waals surface area contributed by atoms with Crippen molar-refractivity contribution in [2.45, 2.75) is 19.4 Å². The first-order valence-corrected chi connectivity index (χ1v) is 11.4. The van der Waals surface area contributed by atoms with E-state index in [1.54, 1.807) is 30.6 Å². The number of fused-ring (bicyclic) bond motifs is 1. The molecule has 3 aromatic rings. The fourth-order valence-corrected chi connectivity index (χ4v) is 4.49. The van der Waals surface area contributed by atoms with Crippen LogP contribution < -0.4 is 10.6 Å². The monoisotopic (exact) mass is 454 g/mol. The molecular weight excluding hydrogens is 428 g/mol. The van der Waals surface area contributed by atoms with Crippen molar-refractivity contribution < 1.29 is 14.3 Å². The number of hydrogen-bond donors (Lipinski definition) is 2. The van der Waals surface area contributed by atoms with Gasteiger partial charge in [-0.1, -0.05) is 12.1 Å². The van der Waals surface area contributed by atoms with Gasteiger partial charge in [0, 0.05) is 41.4 Å². The Morgan fingerprint density at radius 3 is 2.47 bits per heavy atom. The first-order valence-electron chi connectivity index (χ1n) is 11.4. The molecule has 1 amide bonds. The van der Waals surface area contributed by atoms with Gasteiger partial charge in [-0.25, -0.2) is 4.79 Å². The minimum absolute atomic E-state index is 0.234. The Morgan fingerprint density at radius 1 is 1.03 bits per heavy atom. The van der Waals surface area contributed by atoms with Crippen molar-refractivity contribution in [3.8, 4) is 0 Å². The number of amides is 1. The zero-order chi connectivity index (χ0) is 23.5. The largest absolute Gasteiger partial charge is 0.465 e. The number of ether oxygens (including phenoxy) is 1. The summed E-state index contributed by atoms with van der Waals surface area (Å²) in [6, 6.07) is 17.1. The summed E-state index contributed by atoms with van der Waals surface area (Å²) < 4.78 is 4.87. The summed E-state index contributed by atoms with van der Waals surface area (Å²) in [5.41, 5.74) is 5.75. The minimum atomic E-state index is -0.450. The number of carbonyl (C=O) groups excluding carboxylic acids is 2. The number of hydrogen-bond acceptors (Lipinski definition) is 6. The topological polar surface area (TPSA) is 83.6 Å². The number of pyridine rings is 1. The summed E-state index contributed by atoms with van der Waals surface area (Å²) >= 11 is 0. The predicted octanol–water partition coefficient (Wildman–Crippen LogP) is 4.40. The van der Waals surface area contributed by atoms with Crippen LogP contribution in [-0.4, -0.2) is 42.0 Å². The Balaban J connectivity index is 1.53. The van der Waals surface area contributed by atoms with Crippen LogP contribution in [0.5, 0.6) is 0 Å². The maximum atomic E-state index is 13.1. The Hall–Kier alpha value is -3.97. The molecule has 0 spiro atoms. The lowest BCUT2D eigenvalue weighted by atomic mass is 9.99. The Labute approximate surface area is 198 Å². The summed E-state index contributed by atoms with van der Waals surface area (Å²) in [7, 11) is 1.34. The van der Waals surface area contributed by atoms with Gasteiger partial charge < -0.3 is 15.4 Å². The van der Waals surface area contributed by atoms with Crippen LogP contribution in [0.3, 0.4) is 0 Å². The van der Waals surface area contributed by atoms with Gasteiger partial charge in [0.25, 0.3) is 5.91 Å². The van der Waals surface area contributed by atoms with Crippen LogP contribution in [0.25, 0.3) is 11.3 Å². The molecule has 0 unspecified atom stereocenters. The van der Waals surface area contributed by atoms with E-state index in [4.69, 9.17) is 4.74 Å². The maximum absolute atomic E-state index is 13.1. The molecule has 34 heavy (non-hydrogen) atoms. The van der Waals surface area contributed by atoms with E-state index in [0.29, 0.717) is 28.1 Å². The Bertz CT molecular complexity index is 1250. The van der Waals surface area contributed by atoms with E-state index in [9.17, 15) is 9.59 Å². The van der Waals surface area contributed by atoms with Crippen LogP contribution in [0.2, 0.25) is 0 Å². The van der Waals surface area contributed by atoms with Gasteiger partial charge in [0.05, 0.1) is 23.9 Å². The molecule has 2 aliphatic heterocycles. The zero-order valence-corrected chi connectivity index (χ0v) is 19.0. The average Bonchev–Trinajstić information content (AvgIpc) is 3.50. The number of esters is 1. The molecule has 1 fully saturated rings. The second-order valence-corrected chi connectivity index (χ2v) is 8.50. The van der Waals surface area contributed by atoms with E-state index in [-0.39, 0.29) is 5.91 Å². The number of anilines is 2. The van der Waals surface area contributed by atoms with Gasteiger partial charge in [0.1, 0.15) is 0 Å². The number of likely N-dealkylation sites (tertiary alicyclic amines) is 1. The summed E-state index contributed by atoms with van der Waals surface area (Å²) in [4.78, 5) is 31.8. The van der Waals surface area contributed by atoms with Crippen molar-refractivity contribution in [3.05, 3.63) is 89.2 Å². The number of benzene rings is 2. The number of carbonyl (C=O) groups is 2. The molecule has 1 saturated heterocycles. The first kappa shape index (κ1) is 21.9. The summed E-state index contributed by atoms with van der Waals surface area (Å²) in [5, 5.41) is 6.36. The van der Waals surface area contributed by atoms with Gasteiger partial charge in [0.2, 0.25) is 0 Å². The third kappa shape index (κ3) is 4.43. The number of nitrogens with one attached hydrogen (secondary N) is 2. The fraction of sp³-hybridized carbons (Fsp3) is 0.222. The lowest BCUT2D eigenvalue weighted by Crippen LogP contribution is -2.18.